The summed E-state index contributed by atoms with van der Waals surface area (Å²) in [5.41, 5.74) is 3.78. The van der Waals surface area contributed by atoms with E-state index in [4.69, 9.17) is 9.84 Å². The lowest BCUT2D eigenvalue weighted by Gasteiger charge is -2.33. The maximum absolute atomic E-state index is 12.6. The molecule has 1 saturated heterocycles. The van der Waals surface area contributed by atoms with Crippen molar-refractivity contribution in [2.24, 2.45) is 0 Å². The maximum Gasteiger partial charge on any atom is 0.410 e. The number of hydrogen-bond acceptors (Lipinski definition) is 5. The molecule has 7 nitrogen and oxygen atoms in total. The molecule has 1 aromatic heterocycles. The first-order chi connectivity index (χ1) is 18.6. The Balaban J connectivity index is 1.48. The van der Waals surface area contributed by atoms with Crippen LogP contribution in [0.25, 0.3) is 32.8 Å². The number of fused-ring (bicyclic) bond motifs is 2. The molecule has 0 saturated carbocycles. The number of nitrogens with zero attached hydrogens (tertiary/aromatic N) is 4. The average Bonchev–Trinajstić information content (AvgIpc) is 3.24. The largest absolute Gasteiger partial charge is 0.508 e. The standard InChI is InChI=1S/C32H40N4O3/c1-32(2,3)39-31(38)35-17-13-22(14-18-35)30-27-12-11-24(20-29(27)33-36(30)16-8-15-34(4)5)28-21-25(37)19-23-9-6-7-10-26(23)28/h6-7,9-12,19-22,37H,8,13-18H2,1-5H3. The van der Waals surface area contributed by atoms with E-state index >= 15 is 0 Å². The van der Waals surface area contributed by atoms with Gasteiger partial charge in [-0.2, -0.15) is 5.10 Å². The van der Waals surface area contributed by atoms with Crippen LogP contribution in [0.5, 0.6) is 5.75 Å². The Morgan fingerprint density at radius 3 is 2.51 bits per heavy atom. The summed E-state index contributed by atoms with van der Waals surface area (Å²) in [7, 11) is 4.19. The topological polar surface area (TPSA) is 70.8 Å². The molecule has 1 fully saturated rings. The lowest BCUT2D eigenvalue weighted by molar-refractivity contribution is 0.0203. The predicted octanol–water partition coefficient (Wildman–Crippen LogP) is 6.63. The number of likely N-dealkylation sites (tertiary alicyclic amines) is 1. The highest BCUT2D eigenvalue weighted by molar-refractivity contribution is 5.99. The molecule has 0 unspecified atom stereocenters. The van der Waals surface area contributed by atoms with Crippen molar-refractivity contribution in [1.29, 1.82) is 0 Å². The molecule has 39 heavy (non-hydrogen) atoms. The second-order valence-electron chi connectivity index (χ2n) is 12.0. The third kappa shape index (κ3) is 6.04. The molecule has 206 valence electrons. The fraction of sp³-hybridized carbons (Fsp3) is 0.438. The second-order valence-corrected chi connectivity index (χ2v) is 12.0. The molecule has 1 amide bonds. The minimum atomic E-state index is -0.492. The van der Waals surface area contributed by atoms with Gasteiger partial charge >= 0.3 is 6.09 Å². The van der Waals surface area contributed by atoms with Crippen LogP contribution in [0.2, 0.25) is 0 Å². The summed E-state index contributed by atoms with van der Waals surface area (Å²) in [4.78, 5) is 16.7. The van der Waals surface area contributed by atoms with Gasteiger partial charge < -0.3 is 19.6 Å². The van der Waals surface area contributed by atoms with Crippen LogP contribution in [0.15, 0.2) is 54.6 Å². The zero-order chi connectivity index (χ0) is 27.7. The van der Waals surface area contributed by atoms with Crippen molar-refractivity contribution in [1.82, 2.24) is 19.6 Å². The van der Waals surface area contributed by atoms with E-state index in [1.165, 1.54) is 11.1 Å². The van der Waals surface area contributed by atoms with Gasteiger partial charge in [0.2, 0.25) is 0 Å². The minimum absolute atomic E-state index is 0.228. The number of carbonyl (C=O) groups excluding carboxylic acids is 1. The Hall–Kier alpha value is -3.58. The van der Waals surface area contributed by atoms with Gasteiger partial charge in [-0.25, -0.2) is 4.79 Å². The molecule has 1 aliphatic rings. The van der Waals surface area contributed by atoms with Gasteiger partial charge in [0.05, 0.1) is 5.52 Å². The van der Waals surface area contributed by atoms with E-state index in [1.807, 2.05) is 49.9 Å². The Morgan fingerprint density at radius 2 is 1.79 bits per heavy atom. The molecular weight excluding hydrogens is 488 g/mol. The smallest absolute Gasteiger partial charge is 0.410 e. The van der Waals surface area contributed by atoms with Gasteiger partial charge in [-0.1, -0.05) is 36.4 Å². The fourth-order valence-corrected chi connectivity index (χ4v) is 5.65. The highest BCUT2D eigenvalue weighted by Crippen LogP contribution is 2.38. The molecule has 7 heteroatoms. The van der Waals surface area contributed by atoms with Crippen LogP contribution >= 0.6 is 0 Å². The quantitative estimate of drug-likeness (QED) is 0.304. The fourth-order valence-electron chi connectivity index (χ4n) is 5.65. The first kappa shape index (κ1) is 27.0. The Kier molecular flexibility index (Phi) is 7.54. The van der Waals surface area contributed by atoms with Crippen LogP contribution < -0.4 is 0 Å². The molecule has 4 aromatic rings. The lowest BCUT2D eigenvalue weighted by Crippen LogP contribution is -2.41. The number of rotatable bonds is 6. The molecule has 0 bridgehead atoms. The Labute approximate surface area is 231 Å². The van der Waals surface area contributed by atoms with E-state index in [9.17, 15) is 9.90 Å². The number of ether oxygens (including phenoxy) is 1. The predicted molar refractivity (Wildman–Crippen MR) is 157 cm³/mol. The Morgan fingerprint density at radius 1 is 1.05 bits per heavy atom. The summed E-state index contributed by atoms with van der Waals surface area (Å²) >= 11 is 0. The molecule has 1 N–H and O–H groups in total. The van der Waals surface area contributed by atoms with Gasteiger partial charge in [-0.15, -0.1) is 0 Å². The van der Waals surface area contributed by atoms with Crippen LogP contribution in [0.1, 0.15) is 51.6 Å². The van der Waals surface area contributed by atoms with Crippen molar-refractivity contribution >= 4 is 27.8 Å². The molecule has 2 heterocycles. The van der Waals surface area contributed by atoms with Crippen LogP contribution in [-0.2, 0) is 11.3 Å². The summed E-state index contributed by atoms with van der Waals surface area (Å²) in [6.45, 7) is 8.92. The van der Waals surface area contributed by atoms with Gasteiger partial charge in [-0.3, -0.25) is 4.68 Å². The molecule has 0 aliphatic carbocycles. The number of phenols is 1. The van der Waals surface area contributed by atoms with E-state index in [2.05, 4.69) is 47.9 Å². The number of hydrogen-bond donors (Lipinski definition) is 1. The highest BCUT2D eigenvalue weighted by Gasteiger charge is 2.30. The van der Waals surface area contributed by atoms with Gasteiger partial charge in [-0.05, 0) is 101 Å². The molecule has 0 radical (unpaired) electrons. The van der Waals surface area contributed by atoms with Crippen molar-refractivity contribution < 1.29 is 14.6 Å². The van der Waals surface area contributed by atoms with E-state index in [1.54, 1.807) is 6.07 Å². The number of amides is 1. The van der Waals surface area contributed by atoms with Gasteiger partial charge in [0.1, 0.15) is 11.4 Å². The highest BCUT2D eigenvalue weighted by atomic mass is 16.6. The van der Waals surface area contributed by atoms with E-state index < -0.39 is 5.60 Å². The molecule has 0 atom stereocenters. The number of phenolic OH excluding ortho intramolecular Hbond substituents is 1. The minimum Gasteiger partial charge on any atom is -0.508 e. The van der Waals surface area contributed by atoms with Crippen LogP contribution in [-0.4, -0.2) is 70.1 Å². The van der Waals surface area contributed by atoms with Crippen LogP contribution in [0.3, 0.4) is 0 Å². The number of aromatic nitrogens is 2. The van der Waals surface area contributed by atoms with E-state index in [0.717, 1.165) is 59.8 Å². The number of aromatic hydroxyl groups is 1. The van der Waals surface area contributed by atoms with Gasteiger partial charge in [0, 0.05) is 36.6 Å². The normalized spacial score (nSPS) is 15.0. The van der Waals surface area contributed by atoms with E-state index in [0.29, 0.717) is 19.0 Å². The summed E-state index contributed by atoms with van der Waals surface area (Å²) < 4.78 is 7.81. The van der Waals surface area contributed by atoms with Crippen molar-refractivity contribution in [3.05, 3.63) is 60.3 Å². The molecule has 5 rings (SSSR count). The van der Waals surface area contributed by atoms with Crippen molar-refractivity contribution in [2.75, 3.05) is 33.7 Å². The average molecular weight is 529 g/mol. The number of benzene rings is 3. The monoisotopic (exact) mass is 528 g/mol. The second kappa shape index (κ2) is 10.9. The number of carbonyl (C=O) groups is 1. The summed E-state index contributed by atoms with van der Waals surface area (Å²) in [5, 5.41) is 18.8. The number of aryl methyl sites for hydroxylation is 1. The third-order valence-electron chi connectivity index (χ3n) is 7.45. The SMILES string of the molecule is CN(C)CCCn1nc2cc(-c3cc(O)cc4ccccc34)ccc2c1C1CCN(C(=O)OC(C)(C)C)CC1. The van der Waals surface area contributed by atoms with Gasteiger partial charge in [0.15, 0.2) is 0 Å². The third-order valence-corrected chi connectivity index (χ3v) is 7.45. The van der Waals surface area contributed by atoms with Crippen molar-refractivity contribution in [2.45, 2.75) is 58.1 Å². The molecule has 0 spiro atoms. The van der Waals surface area contributed by atoms with Gasteiger partial charge in [0.25, 0.3) is 0 Å². The van der Waals surface area contributed by atoms with E-state index in [-0.39, 0.29) is 11.8 Å². The summed E-state index contributed by atoms with van der Waals surface area (Å²) in [5.74, 6) is 0.580. The molecular formula is C32H40N4O3. The summed E-state index contributed by atoms with van der Waals surface area (Å²) in [6, 6.07) is 18.3. The first-order valence-electron chi connectivity index (χ1n) is 13.9. The van der Waals surface area contributed by atoms with Crippen molar-refractivity contribution in [3.63, 3.8) is 0 Å². The first-order valence-corrected chi connectivity index (χ1v) is 13.9. The van der Waals surface area contributed by atoms with Crippen LogP contribution in [0, 0.1) is 0 Å². The number of piperidine rings is 1. The molecule has 3 aromatic carbocycles. The zero-order valence-electron chi connectivity index (χ0n) is 23.8. The molecule has 1 aliphatic heterocycles. The lowest BCUT2D eigenvalue weighted by atomic mass is 9.90. The van der Waals surface area contributed by atoms with Crippen molar-refractivity contribution in [3.8, 4) is 16.9 Å². The zero-order valence-corrected chi connectivity index (χ0v) is 23.8. The Bertz CT molecular complexity index is 1480. The van der Waals surface area contributed by atoms with Crippen LogP contribution in [0.4, 0.5) is 4.79 Å². The summed E-state index contributed by atoms with van der Waals surface area (Å²) in [6.07, 6.45) is 2.54. The maximum atomic E-state index is 12.6.